The van der Waals surface area contributed by atoms with E-state index in [1.807, 2.05) is 54.6 Å². The molecule has 0 spiro atoms. The van der Waals surface area contributed by atoms with Crippen LogP contribution < -0.4 is 9.47 Å². The van der Waals surface area contributed by atoms with Crippen LogP contribution in [-0.4, -0.2) is 12.6 Å². The van der Waals surface area contributed by atoms with Crippen LogP contribution in [0.25, 0.3) is 11.1 Å². The summed E-state index contributed by atoms with van der Waals surface area (Å²) in [6.45, 7) is 6.94. The smallest absolute Gasteiger partial charge is 0.311 e. The Balaban J connectivity index is 1.47. The van der Waals surface area contributed by atoms with Gasteiger partial charge in [-0.05, 0) is 81.7 Å². The molecule has 0 N–H and O–H groups in total. The summed E-state index contributed by atoms with van der Waals surface area (Å²) in [5.41, 5.74) is 4.74. The molecule has 0 fully saturated rings. The van der Waals surface area contributed by atoms with Crippen LogP contribution in [0.5, 0.6) is 11.5 Å². The van der Waals surface area contributed by atoms with Crippen molar-refractivity contribution < 1.29 is 14.3 Å². The molecule has 0 atom stereocenters. The maximum atomic E-state index is 12.2. The summed E-state index contributed by atoms with van der Waals surface area (Å²) < 4.78 is 12.1. The summed E-state index contributed by atoms with van der Waals surface area (Å²) in [5.74, 6) is 1.60. The van der Waals surface area contributed by atoms with Gasteiger partial charge in [-0.2, -0.15) is 0 Å². The zero-order valence-electron chi connectivity index (χ0n) is 17.7. The Kier molecular flexibility index (Phi) is 7.69. The maximum Gasteiger partial charge on any atom is 0.311 e. The molecular formula is C26H27BrO3. The van der Waals surface area contributed by atoms with Crippen LogP contribution in [0.2, 0.25) is 0 Å². The van der Waals surface area contributed by atoms with E-state index in [-0.39, 0.29) is 5.97 Å². The van der Waals surface area contributed by atoms with E-state index in [0.717, 1.165) is 21.3 Å². The Morgan fingerprint density at radius 2 is 1.73 bits per heavy atom. The van der Waals surface area contributed by atoms with Crippen molar-refractivity contribution in [3.8, 4) is 22.6 Å². The molecule has 3 rings (SSSR count). The van der Waals surface area contributed by atoms with Crippen LogP contribution in [0.15, 0.2) is 71.2 Å². The Labute approximate surface area is 187 Å². The summed E-state index contributed by atoms with van der Waals surface area (Å²) in [4.78, 5) is 12.2. The van der Waals surface area contributed by atoms with Gasteiger partial charge in [-0.1, -0.05) is 56.3 Å². The zero-order valence-corrected chi connectivity index (χ0v) is 19.2. The van der Waals surface area contributed by atoms with Gasteiger partial charge < -0.3 is 9.47 Å². The summed E-state index contributed by atoms with van der Waals surface area (Å²) in [5, 5.41) is 0. The highest BCUT2D eigenvalue weighted by atomic mass is 79.9. The second kappa shape index (κ2) is 10.4. The van der Waals surface area contributed by atoms with E-state index in [1.54, 1.807) is 0 Å². The van der Waals surface area contributed by atoms with Crippen molar-refractivity contribution in [1.29, 1.82) is 0 Å². The molecule has 0 aliphatic heterocycles. The summed E-state index contributed by atoms with van der Waals surface area (Å²) >= 11 is 3.51. The van der Waals surface area contributed by atoms with Gasteiger partial charge >= 0.3 is 5.97 Å². The topological polar surface area (TPSA) is 35.5 Å². The van der Waals surface area contributed by atoms with Crippen LogP contribution in [0.3, 0.4) is 0 Å². The number of benzene rings is 3. The number of aryl methyl sites for hydroxylation is 1. The molecule has 4 heteroatoms. The van der Waals surface area contributed by atoms with Gasteiger partial charge in [0.2, 0.25) is 0 Å². The van der Waals surface area contributed by atoms with E-state index < -0.39 is 0 Å². The summed E-state index contributed by atoms with van der Waals surface area (Å²) in [6.07, 6.45) is 0.902. The first-order chi connectivity index (χ1) is 14.4. The fourth-order valence-electron chi connectivity index (χ4n) is 3.36. The van der Waals surface area contributed by atoms with E-state index in [9.17, 15) is 4.79 Å². The fraction of sp³-hybridized carbons (Fsp3) is 0.269. The first-order valence-corrected chi connectivity index (χ1v) is 11.0. The average molecular weight is 467 g/mol. The van der Waals surface area contributed by atoms with Crippen LogP contribution in [0.4, 0.5) is 0 Å². The van der Waals surface area contributed by atoms with Crippen LogP contribution in [0.1, 0.15) is 43.7 Å². The SMILES string of the molecule is Cc1cc(OCCCC(=O)Oc2ccc(-c3ccccc3)cc2Br)ccc1C(C)C. The maximum absolute atomic E-state index is 12.2. The van der Waals surface area contributed by atoms with Gasteiger partial charge in [0.25, 0.3) is 0 Å². The minimum atomic E-state index is -0.266. The second-order valence-corrected chi connectivity index (χ2v) is 8.46. The lowest BCUT2D eigenvalue weighted by Crippen LogP contribution is -2.10. The number of halogens is 1. The first kappa shape index (κ1) is 22.1. The first-order valence-electron chi connectivity index (χ1n) is 10.2. The Morgan fingerprint density at radius 1 is 0.967 bits per heavy atom. The number of carbonyl (C=O) groups excluding carboxylic acids is 1. The molecule has 0 aromatic heterocycles. The molecule has 3 aromatic rings. The van der Waals surface area contributed by atoms with Crippen LogP contribution in [0, 0.1) is 6.92 Å². The van der Waals surface area contributed by atoms with Gasteiger partial charge in [-0.15, -0.1) is 0 Å². The number of ether oxygens (including phenoxy) is 2. The molecule has 0 heterocycles. The predicted molar refractivity (Wildman–Crippen MR) is 125 cm³/mol. The highest BCUT2D eigenvalue weighted by Crippen LogP contribution is 2.31. The highest BCUT2D eigenvalue weighted by Gasteiger charge is 2.10. The van der Waals surface area contributed by atoms with Gasteiger partial charge in [0, 0.05) is 6.42 Å². The fourth-order valence-corrected chi connectivity index (χ4v) is 3.82. The van der Waals surface area contributed by atoms with Crippen LogP contribution in [-0.2, 0) is 4.79 Å². The monoisotopic (exact) mass is 466 g/mol. The largest absolute Gasteiger partial charge is 0.494 e. The lowest BCUT2D eigenvalue weighted by Gasteiger charge is -2.12. The van der Waals surface area contributed by atoms with Crippen molar-refractivity contribution in [3.63, 3.8) is 0 Å². The minimum absolute atomic E-state index is 0.266. The molecular weight excluding hydrogens is 440 g/mol. The number of esters is 1. The van der Waals surface area contributed by atoms with E-state index in [0.29, 0.717) is 31.1 Å². The third-order valence-electron chi connectivity index (χ3n) is 4.92. The number of hydrogen-bond donors (Lipinski definition) is 0. The number of carbonyl (C=O) groups is 1. The van der Waals surface area contributed by atoms with Crippen molar-refractivity contribution in [2.45, 2.75) is 39.5 Å². The average Bonchev–Trinajstić information content (AvgIpc) is 2.73. The zero-order chi connectivity index (χ0) is 21.5. The normalized spacial score (nSPS) is 10.8. The standard InChI is InChI=1S/C26H27BrO3/c1-18(2)23-13-12-22(16-19(23)3)29-15-7-10-26(28)30-25-14-11-21(17-24(25)27)20-8-5-4-6-9-20/h4-6,8-9,11-14,16-18H,7,10,15H2,1-3H3. The van der Waals surface area contributed by atoms with E-state index in [2.05, 4.69) is 48.8 Å². The lowest BCUT2D eigenvalue weighted by molar-refractivity contribution is -0.134. The molecule has 156 valence electrons. The molecule has 0 amide bonds. The van der Waals surface area contributed by atoms with Crippen molar-refractivity contribution in [2.24, 2.45) is 0 Å². The van der Waals surface area contributed by atoms with E-state index in [4.69, 9.17) is 9.47 Å². The molecule has 0 aliphatic rings. The Bertz CT molecular complexity index is 996. The highest BCUT2D eigenvalue weighted by molar-refractivity contribution is 9.10. The molecule has 0 unspecified atom stereocenters. The van der Waals surface area contributed by atoms with Crippen molar-refractivity contribution >= 4 is 21.9 Å². The Hall–Kier alpha value is -2.59. The molecule has 3 aromatic carbocycles. The van der Waals surface area contributed by atoms with Crippen molar-refractivity contribution in [3.05, 3.63) is 82.3 Å². The molecule has 0 bridgehead atoms. The molecule has 3 nitrogen and oxygen atoms in total. The predicted octanol–water partition coefficient (Wildman–Crippen LogP) is 7.31. The quantitative estimate of drug-likeness (QED) is 0.198. The van der Waals surface area contributed by atoms with Gasteiger partial charge in [0.15, 0.2) is 0 Å². The molecule has 30 heavy (non-hydrogen) atoms. The Morgan fingerprint density at radius 3 is 2.40 bits per heavy atom. The van der Waals surface area contributed by atoms with Crippen LogP contribution >= 0.6 is 15.9 Å². The number of rotatable bonds is 8. The summed E-state index contributed by atoms with van der Waals surface area (Å²) in [6, 6.07) is 22.0. The summed E-state index contributed by atoms with van der Waals surface area (Å²) in [7, 11) is 0. The molecule has 0 saturated carbocycles. The minimum Gasteiger partial charge on any atom is -0.494 e. The van der Waals surface area contributed by atoms with E-state index >= 15 is 0 Å². The van der Waals surface area contributed by atoms with Gasteiger partial charge in [0.05, 0.1) is 11.1 Å². The van der Waals surface area contributed by atoms with Gasteiger partial charge in [-0.25, -0.2) is 0 Å². The van der Waals surface area contributed by atoms with Crippen molar-refractivity contribution in [2.75, 3.05) is 6.61 Å². The van der Waals surface area contributed by atoms with Gasteiger partial charge in [-0.3, -0.25) is 4.79 Å². The second-order valence-electron chi connectivity index (χ2n) is 7.61. The van der Waals surface area contributed by atoms with E-state index in [1.165, 1.54) is 11.1 Å². The molecule has 0 saturated heterocycles. The number of hydrogen-bond acceptors (Lipinski definition) is 3. The molecule has 0 radical (unpaired) electrons. The third-order valence-corrected chi connectivity index (χ3v) is 5.54. The third kappa shape index (κ3) is 5.96. The van der Waals surface area contributed by atoms with Crippen molar-refractivity contribution in [1.82, 2.24) is 0 Å². The van der Waals surface area contributed by atoms with Gasteiger partial charge in [0.1, 0.15) is 11.5 Å². The molecule has 0 aliphatic carbocycles. The lowest BCUT2D eigenvalue weighted by atomic mass is 9.98.